The number of aromatic nitrogens is 1. The van der Waals surface area contributed by atoms with Crippen molar-refractivity contribution in [2.45, 2.75) is 26.7 Å². The van der Waals surface area contributed by atoms with Crippen molar-refractivity contribution in [1.82, 2.24) is 4.98 Å². The van der Waals surface area contributed by atoms with E-state index >= 15 is 0 Å². The van der Waals surface area contributed by atoms with E-state index in [9.17, 15) is 13.6 Å². The van der Waals surface area contributed by atoms with Crippen LogP contribution in [0.25, 0.3) is 0 Å². The summed E-state index contributed by atoms with van der Waals surface area (Å²) in [5, 5.41) is 0. The van der Waals surface area contributed by atoms with Gasteiger partial charge in [-0.1, -0.05) is 6.07 Å². The second kappa shape index (κ2) is 6.05. The monoisotopic (exact) mass is 307 g/mol. The van der Waals surface area contributed by atoms with Gasteiger partial charge < -0.3 is 4.74 Å². The summed E-state index contributed by atoms with van der Waals surface area (Å²) in [5.41, 5.74) is 0.531. The summed E-state index contributed by atoms with van der Waals surface area (Å²) >= 11 is 3.08. The molecular weight excluding hydrogens is 296 g/mol. The average Bonchev–Trinajstić information content (AvgIpc) is 2.23. The van der Waals surface area contributed by atoms with Crippen molar-refractivity contribution in [2.24, 2.45) is 0 Å². The Balaban J connectivity index is 3.04. The third-order valence-corrected chi connectivity index (χ3v) is 2.91. The fourth-order valence-corrected chi connectivity index (χ4v) is 1.66. The summed E-state index contributed by atoms with van der Waals surface area (Å²) in [6.07, 6.45) is -2.90. The summed E-state index contributed by atoms with van der Waals surface area (Å²) in [6.45, 7) is 3.61. The number of alkyl halides is 2. The molecule has 0 radical (unpaired) electrons. The first kappa shape index (κ1) is 14.0. The predicted octanol–water partition coefficient (Wildman–Crippen LogP) is 3.20. The normalized spacial score (nSPS) is 10.7. The molecule has 0 spiro atoms. The molecule has 1 heterocycles. The lowest BCUT2D eigenvalue weighted by Gasteiger charge is -2.10. The van der Waals surface area contributed by atoms with Crippen molar-refractivity contribution in [1.29, 1.82) is 0 Å². The quantitative estimate of drug-likeness (QED) is 0.633. The highest BCUT2D eigenvalue weighted by Gasteiger charge is 2.19. The Morgan fingerprint density at radius 2 is 2.24 bits per heavy atom. The lowest BCUT2D eigenvalue weighted by Crippen LogP contribution is -2.11. The zero-order valence-corrected chi connectivity index (χ0v) is 11.1. The Hall–Kier alpha value is -1.04. The number of rotatable bonds is 4. The van der Waals surface area contributed by atoms with E-state index in [0.717, 1.165) is 0 Å². The molecule has 94 valence electrons. The second-order valence-corrected chi connectivity index (χ2v) is 4.17. The summed E-state index contributed by atoms with van der Waals surface area (Å²) < 4.78 is 30.6. The van der Waals surface area contributed by atoms with E-state index in [1.165, 1.54) is 6.07 Å². The van der Waals surface area contributed by atoms with E-state index in [2.05, 4.69) is 20.9 Å². The van der Waals surface area contributed by atoms with Gasteiger partial charge in [-0.3, -0.25) is 4.79 Å². The van der Waals surface area contributed by atoms with Crippen LogP contribution in [0, 0.1) is 6.92 Å². The average molecular weight is 308 g/mol. The van der Waals surface area contributed by atoms with E-state index in [0.29, 0.717) is 10.2 Å². The summed E-state index contributed by atoms with van der Waals surface area (Å²) in [7, 11) is 0. The zero-order chi connectivity index (χ0) is 13.0. The van der Waals surface area contributed by atoms with Crippen molar-refractivity contribution in [3.63, 3.8) is 0 Å². The number of ether oxygens (including phenoxy) is 1. The summed E-state index contributed by atoms with van der Waals surface area (Å²) in [4.78, 5) is 15.0. The second-order valence-electron chi connectivity index (χ2n) is 3.42. The highest BCUT2D eigenvalue weighted by molar-refractivity contribution is 9.10. The van der Waals surface area contributed by atoms with Crippen molar-refractivity contribution in [3.8, 4) is 0 Å². The van der Waals surface area contributed by atoms with Crippen LogP contribution in [0.4, 0.5) is 8.78 Å². The van der Waals surface area contributed by atoms with E-state index in [4.69, 9.17) is 4.74 Å². The van der Waals surface area contributed by atoms with Crippen LogP contribution in [0.15, 0.2) is 10.7 Å². The first-order chi connectivity index (χ1) is 7.95. The van der Waals surface area contributed by atoms with Crippen molar-refractivity contribution in [2.75, 3.05) is 6.61 Å². The van der Waals surface area contributed by atoms with Crippen LogP contribution in [0.2, 0.25) is 0 Å². The number of aryl methyl sites for hydroxylation is 1. The smallest absolute Gasteiger partial charge is 0.310 e. The van der Waals surface area contributed by atoms with Gasteiger partial charge in [0.25, 0.3) is 6.43 Å². The molecular formula is C11H12BrF2NO2. The molecule has 0 aliphatic carbocycles. The molecule has 0 saturated carbocycles. The topological polar surface area (TPSA) is 39.2 Å². The van der Waals surface area contributed by atoms with Crippen molar-refractivity contribution < 1.29 is 18.3 Å². The highest BCUT2D eigenvalue weighted by Crippen LogP contribution is 2.26. The van der Waals surface area contributed by atoms with Gasteiger partial charge in [0.05, 0.1) is 13.0 Å². The largest absolute Gasteiger partial charge is 0.466 e. The van der Waals surface area contributed by atoms with Crippen LogP contribution in [0.1, 0.15) is 30.2 Å². The minimum absolute atomic E-state index is 0.186. The minimum Gasteiger partial charge on any atom is -0.466 e. The van der Waals surface area contributed by atoms with Crippen molar-refractivity contribution in [3.05, 3.63) is 27.5 Å². The Morgan fingerprint density at radius 1 is 1.59 bits per heavy atom. The van der Waals surface area contributed by atoms with Gasteiger partial charge in [-0.05, 0) is 40.9 Å². The molecule has 0 atom stereocenters. The van der Waals surface area contributed by atoms with Crippen LogP contribution >= 0.6 is 15.9 Å². The molecule has 6 heteroatoms. The Kier molecular flexibility index (Phi) is 4.99. The first-order valence-electron chi connectivity index (χ1n) is 5.05. The van der Waals surface area contributed by atoms with Crippen LogP contribution in [-0.4, -0.2) is 17.6 Å². The number of halogens is 3. The molecule has 1 rings (SSSR count). The molecule has 0 bridgehead atoms. The zero-order valence-electron chi connectivity index (χ0n) is 9.47. The lowest BCUT2D eigenvalue weighted by molar-refractivity contribution is -0.142. The van der Waals surface area contributed by atoms with Crippen molar-refractivity contribution >= 4 is 21.9 Å². The fraction of sp³-hybridized carbons (Fsp3) is 0.455. The standard InChI is InChI=1S/C11H12BrF2NO2/c1-3-17-8(16)5-7-4-6(2)10(12)15-9(7)11(13)14/h4,11H,3,5H2,1-2H3. The van der Waals surface area contributed by atoms with Crippen LogP contribution in [0.3, 0.4) is 0 Å². The van der Waals surface area contributed by atoms with E-state index < -0.39 is 12.4 Å². The molecule has 0 unspecified atom stereocenters. The summed E-state index contributed by atoms with van der Waals surface area (Å²) in [6, 6.07) is 1.52. The Bertz CT molecular complexity index is 424. The molecule has 0 N–H and O–H groups in total. The van der Waals surface area contributed by atoms with Gasteiger partial charge in [-0.15, -0.1) is 0 Å². The number of hydrogen-bond acceptors (Lipinski definition) is 3. The third kappa shape index (κ3) is 3.73. The number of nitrogens with zero attached hydrogens (tertiary/aromatic N) is 1. The number of pyridine rings is 1. The molecule has 0 amide bonds. The molecule has 0 saturated heterocycles. The number of esters is 1. The van der Waals surface area contributed by atoms with E-state index in [-0.39, 0.29) is 24.3 Å². The molecule has 0 aliphatic rings. The maximum atomic E-state index is 12.7. The van der Waals surface area contributed by atoms with Gasteiger partial charge in [0.1, 0.15) is 10.3 Å². The lowest BCUT2D eigenvalue weighted by atomic mass is 10.1. The molecule has 3 nitrogen and oxygen atoms in total. The first-order valence-corrected chi connectivity index (χ1v) is 5.84. The predicted molar refractivity (Wildman–Crippen MR) is 62.0 cm³/mol. The van der Waals surface area contributed by atoms with E-state index in [1.807, 2.05) is 0 Å². The number of carbonyl (C=O) groups excluding carboxylic acids is 1. The van der Waals surface area contributed by atoms with Gasteiger partial charge in [0.15, 0.2) is 0 Å². The minimum atomic E-state index is -2.71. The van der Waals surface area contributed by atoms with Gasteiger partial charge in [-0.25, -0.2) is 13.8 Å². The van der Waals surface area contributed by atoms with Crippen LogP contribution < -0.4 is 0 Å². The molecule has 0 aliphatic heterocycles. The fourth-order valence-electron chi connectivity index (χ4n) is 1.36. The summed E-state index contributed by atoms with van der Waals surface area (Å²) in [5.74, 6) is -0.530. The van der Waals surface area contributed by atoms with Gasteiger partial charge in [0, 0.05) is 0 Å². The SMILES string of the molecule is CCOC(=O)Cc1cc(C)c(Br)nc1C(F)F. The maximum absolute atomic E-state index is 12.7. The number of carbonyl (C=O) groups is 1. The van der Waals surface area contributed by atoms with Crippen LogP contribution in [-0.2, 0) is 16.0 Å². The maximum Gasteiger partial charge on any atom is 0.310 e. The Morgan fingerprint density at radius 3 is 2.76 bits per heavy atom. The van der Waals surface area contributed by atoms with Gasteiger partial charge >= 0.3 is 5.97 Å². The van der Waals surface area contributed by atoms with Gasteiger partial charge in [0.2, 0.25) is 0 Å². The third-order valence-electron chi connectivity index (χ3n) is 2.11. The van der Waals surface area contributed by atoms with E-state index in [1.54, 1.807) is 13.8 Å². The Labute approximate surface area is 106 Å². The van der Waals surface area contributed by atoms with Crippen LogP contribution in [0.5, 0.6) is 0 Å². The molecule has 1 aromatic heterocycles. The number of hydrogen-bond donors (Lipinski definition) is 0. The molecule has 17 heavy (non-hydrogen) atoms. The molecule has 1 aromatic rings. The van der Waals surface area contributed by atoms with Gasteiger partial charge in [-0.2, -0.15) is 0 Å². The molecule has 0 aromatic carbocycles. The molecule has 0 fully saturated rings. The highest BCUT2D eigenvalue weighted by atomic mass is 79.9.